The standard InChI is InChI=1S/C24H23F3N4O4/c1-2-30-20(14-34-13-15-6-4-3-5-7-15)29-31(24(30)33)17-10-16-8-9-28-23(32)21(16)18(11-17)35-19(12-25)22(26)27/h3-11,19,22H,2,12-14H2,1H3,(H,28,32). The number of hydrogen-bond acceptors (Lipinski definition) is 5. The Bertz CT molecular complexity index is 1420. The Morgan fingerprint density at radius 1 is 1.09 bits per heavy atom. The Morgan fingerprint density at radius 3 is 2.54 bits per heavy atom. The number of pyridine rings is 1. The molecule has 2 aromatic carbocycles. The fraction of sp³-hybridized carbons (Fsp3) is 0.292. The van der Waals surface area contributed by atoms with Gasteiger partial charge >= 0.3 is 5.69 Å². The third-order valence-corrected chi connectivity index (χ3v) is 5.38. The van der Waals surface area contributed by atoms with Crippen LogP contribution in [0.4, 0.5) is 13.2 Å². The van der Waals surface area contributed by atoms with Gasteiger partial charge < -0.3 is 14.5 Å². The molecule has 8 nitrogen and oxygen atoms in total. The van der Waals surface area contributed by atoms with Crippen LogP contribution < -0.4 is 16.0 Å². The summed E-state index contributed by atoms with van der Waals surface area (Å²) in [5, 5.41) is 4.64. The number of benzene rings is 2. The van der Waals surface area contributed by atoms with Crippen LogP contribution in [-0.2, 0) is 24.5 Å². The lowest BCUT2D eigenvalue weighted by Crippen LogP contribution is -2.28. The molecule has 0 radical (unpaired) electrons. The molecule has 0 bridgehead atoms. The van der Waals surface area contributed by atoms with Gasteiger partial charge in [-0.15, -0.1) is 5.10 Å². The summed E-state index contributed by atoms with van der Waals surface area (Å²) in [4.78, 5) is 27.9. The number of aromatic nitrogens is 4. The summed E-state index contributed by atoms with van der Waals surface area (Å²) in [6.45, 7) is 1.00. The van der Waals surface area contributed by atoms with Crippen molar-refractivity contribution in [1.82, 2.24) is 19.3 Å². The molecule has 1 unspecified atom stereocenters. The van der Waals surface area contributed by atoms with E-state index >= 15 is 0 Å². The molecule has 0 aliphatic carbocycles. The van der Waals surface area contributed by atoms with Crippen molar-refractivity contribution in [2.75, 3.05) is 6.67 Å². The highest BCUT2D eigenvalue weighted by molar-refractivity contribution is 5.89. The quantitative estimate of drug-likeness (QED) is 0.368. The summed E-state index contributed by atoms with van der Waals surface area (Å²) in [5.41, 5.74) is 0.0426. The number of halogens is 3. The lowest BCUT2D eigenvalue weighted by Gasteiger charge is -2.17. The molecule has 1 atom stereocenters. The number of aromatic amines is 1. The Morgan fingerprint density at radius 2 is 1.86 bits per heavy atom. The molecule has 11 heteroatoms. The van der Waals surface area contributed by atoms with Gasteiger partial charge in [0.15, 0.2) is 11.9 Å². The van der Waals surface area contributed by atoms with Gasteiger partial charge in [0.25, 0.3) is 12.0 Å². The van der Waals surface area contributed by atoms with E-state index in [1.54, 1.807) is 6.92 Å². The molecule has 0 spiro atoms. The van der Waals surface area contributed by atoms with E-state index in [-0.39, 0.29) is 23.4 Å². The van der Waals surface area contributed by atoms with Crippen molar-refractivity contribution in [1.29, 1.82) is 0 Å². The van der Waals surface area contributed by atoms with Crippen LogP contribution >= 0.6 is 0 Å². The average molecular weight is 488 g/mol. The normalized spacial score (nSPS) is 12.4. The van der Waals surface area contributed by atoms with Crippen LogP contribution in [0.5, 0.6) is 5.75 Å². The first-order valence-electron chi connectivity index (χ1n) is 10.9. The summed E-state index contributed by atoms with van der Waals surface area (Å²) in [6.07, 6.45) is -3.81. The minimum atomic E-state index is -3.11. The third kappa shape index (κ3) is 5.14. The first-order chi connectivity index (χ1) is 16.9. The van der Waals surface area contributed by atoms with Crippen LogP contribution in [-0.4, -0.2) is 38.5 Å². The van der Waals surface area contributed by atoms with Gasteiger partial charge in [-0.1, -0.05) is 30.3 Å². The number of fused-ring (bicyclic) bond motifs is 1. The van der Waals surface area contributed by atoms with Crippen LogP contribution in [0, 0.1) is 0 Å². The zero-order valence-corrected chi connectivity index (χ0v) is 18.8. The number of nitrogens with zero attached hydrogens (tertiary/aromatic N) is 3. The van der Waals surface area contributed by atoms with Crippen molar-refractivity contribution >= 4 is 10.8 Å². The molecule has 2 aromatic heterocycles. The lowest BCUT2D eigenvalue weighted by molar-refractivity contribution is -0.000406. The molecule has 0 amide bonds. The third-order valence-electron chi connectivity index (χ3n) is 5.38. The van der Waals surface area contributed by atoms with Crippen molar-refractivity contribution < 1.29 is 22.6 Å². The maximum atomic E-state index is 13.2. The van der Waals surface area contributed by atoms with Gasteiger partial charge in [-0.05, 0) is 30.0 Å². The van der Waals surface area contributed by atoms with Crippen molar-refractivity contribution in [3.8, 4) is 11.4 Å². The van der Waals surface area contributed by atoms with E-state index in [1.165, 1.54) is 29.0 Å². The second-order valence-corrected chi connectivity index (χ2v) is 7.69. The van der Waals surface area contributed by atoms with Crippen molar-refractivity contribution in [3.05, 3.63) is 87.0 Å². The molecule has 0 aliphatic rings. The number of hydrogen-bond donors (Lipinski definition) is 1. The average Bonchev–Trinajstić information content (AvgIpc) is 3.17. The summed E-state index contributed by atoms with van der Waals surface area (Å²) in [6, 6.07) is 13.8. The van der Waals surface area contributed by atoms with Crippen molar-refractivity contribution in [3.63, 3.8) is 0 Å². The maximum Gasteiger partial charge on any atom is 0.350 e. The van der Waals surface area contributed by atoms with E-state index in [4.69, 9.17) is 9.47 Å². The molecule has 1 N–H and O–H groups in total. The zero-order valence-electron chi connectivity index (χ0n) is 18.8. The van der Waals surface area contributed by atoms with Crippen LogP contribution in [0.3, 0.4) is 0 Å². The molecule has 2 heterocycles. The molecular weight excluding hydrogens is 465 g/mol. The predicted molar refractivity (Wildman–Crippen MR) is 123 cm³/mol. The summed E-state index contributed by atoms with van der Waals surface area (Å²) >= 11 is 0. The van der Waals surface area contributed by atoms with Gasteiger partial charge in [0.1, 0.15) is 19.0 Å². The van der Waals surface area contributed by atoms with Gasteiger partial charge in [-0.2, -0.15) is 4.68 Å². The molecule has 35 heavy (non-hydrogen) atoms. The first-order valence-corrected chi connectivity index (χ1v) is 10.9. The number of rotatable bonds is 10. The van der Waals surface area contributed by atoms with Gasteiger partial charge in [-0.3, -0.25) is 9.36 Å². The van der Waals surface area contributed by atoms with Crippen molar-refractivity contribution in [2.24, 2.45) is 0 Å². The predicted octanol–water partition coefficient (Wildman–Crippen LogP) is 3.59. The van der Waals surface area contributed by atoms with Gasteiger partial charge in [0.2, 0.25) is 0 Å². The van der Waals surface area contributed by atoms with Crippen LogP contribution in [0.2, 0.25) is 0 Å². The highest BCUT2D eigenvalue weighted by Crippen LogP contribution is 2.28. The fourth-order valence-corrected chi connectivity index (χ4v) is 3.67. The van der Waals surface area contributed by atoms with E-state index in [0.717, 1.165) is 10.2 Å². The highest BCUT2D eigenvalue weighted by atomic mass is 19.3. The Balaban J connectivity index is 1.73. The molecule has 0 saturated carbocycles. The summed E-state index contributed by atoms with van der Waals surface area (Å²) < 4.78 is 52.9. The highest BCUT2D eigenvalue weighted by Gasteiger charge is 2.25. The van der Waals surface area contributed by atoms with Crippen LogP contribution in [0.1, 0.15) is 18.3 Å². The summed E-state index contributed by atoms with van der Waals surface area (Å²) in [5.74, 6) is 0.0817. The molecule has 0 aliphatic heterocycles. The Labute approximate surface area is 197 Å². The summed E-state index contributed by atoms with van der Waals surface area (Å²) in [7, 11) is 0. The number of ether oxygens (including phenoxy) is 2. The number of alkyl halides is 3. The van der Waals surface area contributed by atoms with E-state index in [0.29, 0.717) is 24.4 Å². The van der Waals surface area contributed by atoms with Gasteiger partial charge in [0.05, 0.1) is 17.7 Å². The minimum Gasteiger partial charge on any atom is -0.481 e. The number of nitrogens with one attached hydrogen (secondary N) is 1. The largest absolute Gasteiger partial charge is 0.481 e. The smallest absolute Gasteiger partial charge is 0.350 e. The monoisotopic (exact) mass is 488 g/mol. The molecule has 0 fully saturated rings. The topological polar surface area (TPSA) is 91.1 Å². The van der Waals surface area contributed by atoms with Gasteiger partial charge in [0, 0.05) is 18.8 Å². The van der Waals surface area contributed by atoms with E-state index < -0.39 is 30.5 Å². The van der Waals surface area contributed by atoms with Crippen molar-refractivity contribution in [2.45, 2.75) is 39.2 Å². The minimum absolute atomic E-state index is 0.0373. The van der Waals surface area contributed by atoms with Crippen LogP contribution in [0.15, 0.2) is 64.3 Å². The number of H-pyrrole nitrogens is 1. The molecule has 0 saturated heterocycles. The van der Waals surface area contributed by atoms with E-state index in [1.807, 2.05) is 30.3 Å². The fourth-order valence-electron chi connectivity index (χ4n) is 3.67. The molecule has 184 valence electrons. The lowest BCUT2D eigenvalue weighted by atomic mass is 10.1. The molecular formula is C24H23F3N4O4. The maximum absolute atomic E-state index is 13.2. The van der Waals surface area contributed by atoms with E-state index in [2.05, 4.69) is 10.1 Å². The molecule has 4 aromatic rings. The SMILES string of the molecule is CCn1c(COCc2ccccc2)nn(-c2cc(OC(CF)C(F)F)c3c(=O)[nH]ccc3c2)c1=O. The molecule has 4 rings (SSSR count). The Hall–Kier alpha value is -3.86. The van der Waals surface area contributed by atoms with Crippen LogP contribution in [0.25, 0.3) is 16.5 Å². The first kappa shape index (κ1) is 24.3. The van der Waals surface area contributed by atoms with E-state index in [9.17, 15) is 22.8 Å². The second kappa shape index (κ2) is 10.6. The Kier molecular flexibility index (Phi) is 7.35. The van der Waals surface area contributed by atoms with Gasteiger partial charge in [-0.25, -0.2) is 18.0 Å². The second-order valence-electron chi connectivity index (χ2n) is 7.69. The zero-order chi connectivity index (χ0) is 24.9.